The van der Waals surface area contributed by atoms with E-state index in [1.54, 1.807) is 11.3 Å². The Hall–Kier alpha value is -2.05. The molecule has 0 fully saturated rings. The van der Waals surface area contributed by atoms with Crippen LogP contribution < -0.4 is 5.73 Å². The lowest BCUT2D eigenvalue weighted by Gasteiger charge is -2.20. The number of hydrogen-bond donors (Lipinski definition) is 1. The molecule has 0 unspecified atom stereocenters. The summed E-state index contributed by atoms with van der Waals surface area (Å²) >= 11 is 1.61. The summed E-state index contributed by atoms with van der Waals surface area (Å²) < 4.78 is 5.75. The average molecular weight is 314 g/mol. The third-order valence-electron chi connectivity index (χ3n) is 3.37. The normalized spacial score (nSPS) is 14.0. The van der Waals surface area contributed by atoms with Gasteiger partial charge in [0.1, 0.15) is 0 Å². The Balaban J connectivity index is 1.74. The molecule has 3 aromatic rings. The van der Waals surface area contributed by atoms with Gasteiger partial charge in [-0.25, -0.2) is 4.98 Å². The summed E-state index contributed by atoms with van der Waals surface area (Å²) in [7, 11) is 0. The monoisotopic (exact) mass is 314 g/mol. The number of nitrogens with two attached hydrogens (primary N) is 1. The zero-order chi connectivity index (χ0) is 15.6. The minimum Gasteiger partial charge on any atom is -0.423 e. The van der Waals surface area contributed by atoms with Crippen molar-refractivity contribution in [1.82, 2.24) is 15.2 Å². The number of aromatic nitrogens is 3. The highest BCUT2D eigenvalue weighted by Gasteiger charge is 2.28. The topological polar surface area (TPSA) is 77.8 Å². The number of aryl methyl sites for hydroxylation is 1. The van der Waals surface area contributed by atoms with Gasteiger partial charge in [-0.15, -0.1) is 21.5 Å². The molecule has 5 nitrogen and oxygen atoms in total. The molecular weight excluding hydrogens is 296 g/mol. The van der Waals surface area contributed by atoms with Crippen molar-refractivity contribution in [1.29, 1.82) is 0 Å². The molecule has 0 aliphatic heterocycles. The highest BCUT2D eigenvalue weighted by Crippen LogP contribution is 2.22. The lowest BCUT2D eigenvalue weighted by Crippen LogP contribution is -2.35. The van der Waals surface area contributed by atoms with Crippen molar-refractivity contribution in [2.24, 2.45) is 5.73 Å². The lowest BCUT2D eigenvalue weighted by atomic mass is 9.94. The molecule has 0 aliphatic rings. The molecule has 0 amide bonds. The van der Waals surface area contributed by atoms with Crippen molar-refractivity contribution in [3.05, 3.63) is 63.8 Å². The van der Waals surface area contributed by atoms with Gasteiger partial charge in [0.25, 0.3) is 0 Å². The SMILES string of the molecule is Cc1nc(Cc2nnc([C@](C)(N)Cc3ccccc3)o2)cs1. The first-order valence-electron chi connectivity index (χ1n) is 7.09. The molecule has 114 valence electrons. The second-order valence-corrected chi connectivity index (χ2v) is 6.68. The summed E-state index contributed by atoms with van der Waals surface area (Å²) in [5, 5.41) is 11.3. The number of benzene rings is 1. The number of rotatable bonds is 5. The molecule has 2 heterocycles. The zero-order valence-electron chi connectivity index (χ0n) is 12.6. The van der Waals surface area contributed by atoms with E-state index < -0.39 is 5.54 Å². The fraction of sp³-hybridized carbons (Fsp3) is 0.312. The molecule has 1 aromatic carbocycles. The minimum absolute atomic E-state index is 0.457. The standard InChI is InChI=1S/C16H18N4OS/c1-11-18-13(10-22-11)8-14-19-20-15(21-14)16(2,17)9-12-6-4-3-5-7-12/h3-7,10H,8-9,17H2,1-2H3/t16-/m1/s1. The molecule has 22 heavy (non-hydrogen) atoms. The number of thiazole rings is 1. The Kier molecular flexibility index (Phi) is 4.04. The van der Waals surface area contributed by atoms with Crippen molar-refractivity contribution < 1.29 is 4.42 Å². The summed E-state index contributed by atoms with van der Waals surface area (Å²) in [6.45, 7) is 3.88. The van der Waals surface area contributed by atoms with Crippen LogP contribution in [-0.2, 0) is 18.4 Å². The molecule has 1 atom stereocenters. The van der Waals surface area contributed by atoms with E-state index in [9.17, 15) is 0 Å². The Bertz CT molecular complexity index is 748. The van der Waals surface area contributed by atoms with E-state index in [0.717, 1.165) is 16.3 Å². The third kappa shape index (κ3) is 3.40. The van der Waals surface area contributed by atoms with Gasteiger partial charge in [0.15, 0.2) is 0 Å². The Morgan fingerprint density at radius 2 is 2.00 bits per heavy atom. The Morgan fingerprint density at radius 3 is 2.68 bits per heavy atom. The number of hydrogen-bond acceptors (Lipinski definition) is 6. The van der Waals surface area contributed by atoms with E-state index in [1.807, 2.05) is 49.6 Å². The van der Waals surface area contributed by atoms with Crippen LogP contribution in [-0.4, -0.2) is 15.2 Å². The highest BCUT2D eigenvalue weighted by atomic mass is 32.1. The molecule has 0 saturated carbocycles. The first-order valence-corrected chi connectivity index (χ1v) is 7.97. The molecule has 0 bridgehead atoms. The van der Waals surface area contributed by atoms with Crippen molar-refractivity contribution in [2.75, 3.05) is 0 Å². The van der Waals surface area contributed by atoms with Gasteiger partial charge in [-0.2, -0.15) is 0 Å². The van der Waals surface area contributed by atoms with Crippen LogP contribution in [0.2, 0.25) is 0 Å². The van der Waals surface area contributed by atoms with E-state index in [0.29, 0.717) is 24.6 Å². The minimum atomic E-state index is -0.690. The van der Waals surface area contributed by atoms with Gasteiger partial charge < -0.3 is 10.2 Å². The lowest BCUT2D eigenvalue weighted by molar-refractivity contribution is 0.338. The Labute approximate surface area is 133 Å². The third-order valence-corrected chi connectivity index (χ3v) is 4.19. The van der Waals surface area contributed by atoms with Crippen LogP contribution in [0.5, 0.6) is 0 Å². The van der Waals surface area contributed by atoms with Crippen LogP contribution in [0.4, 0.5) is 0 Å². The maximum absolute atomic E-state index is 6.37. The fourth-order valence-electron chi connectivity index (χ4n) is 2.30. The summed E-state index contributed by atoms with van der Waals surface area (Å²) in [6.07, 6.45) is 1.18. The molecule has 0 spiro atoms. The van der Waals surface area contributed by atoms with Crippen molar-refractivity contribution in [3.8, 4) is 0 Å². The summed E-state index contributed by atoms with van der Waals surface area (Å²) in [5.41, 5.74) is 7.77. The van der Waals surface area contributed by atoms with Gasteiger partial charge in [0.2, 0.25) is 11.8 Å². The second kappa shape index (κ2) is 5.98. The van der Waals surface area contributed by atoms with Crippen LogP contribution in [0, 0.1) is 6.92 Å². The van der Waals surface area contributed by atoms with Gasteiger partial charge >= 0.3 is 0 Å². The predicted octanol–water partition coefficient (Wildman–Crippen LogP) is 2.84. The summed E-state index contributed by atoms with van der Waals surface area (Å²) in [5.74, 6) is 1.00. The van der Waals surface area contributed by atoms with E-state index in [4.69, 9.17) is 10.2 Å². The first-order chi connectivity index (χ1) is 10.5. The van der Waals surface area contributed by atoms with Crippen LogP contribution in [0.25, 0.3) is 0 Å². The van der Waals surface area contributed by atoms with Crippen molar-refractivity contribution in [3.63, 3.8) is 0 Å². The van der Waals surface area contributed by atoms with Gasteiger partial charge in [0, 0.05) is 5.38 Å². The zero-order valence-corrected chi connectivity index (χ0v) is 13.4. The van der Waals surface area contributed by atoms with Crippen LogP contribution in [0.15, 0.2) is 40.1 Å². The van der Waals surface area contributed by atoms with Crippen LogP contribution in [0.3, 0.4) is 0 Å². The molecule has 3 rings (SSSR count). The molecular formula is C16H18N4OS. The smallest absolute Gasteiger partial charge is 0.236 e. The van der Waals surface area contributed by atoms with E-state index >= 15 is 0 Å². The molecule has 2 aromatic heterocycles. The highest BCUT2D eigenvalue weighted by molar-refractivity contribution is 7.09. The average Bonchev–Trinajstić information content (AvgIpc) is 3.10. The van der Waals surface area contributed by atoms with Gasteiger partial charge in [-0.3, -0.25) is 0 Å². The van der Waals surface area contributed by atoms with Crippen LogP contribution in [0.1, 0.15) is 35.0 Å². The van der Waals surface area contributed by atoms with Gasteiger partial charge in [-0.05, 0) is 25.8 Å². The second-order valence-electron chi connectivity index (χ2n) is 5.62. The van der Waals surface area contributed by atoms with Crippen molar-refractivity contribution in [2.45, 2.75) is 32.2 Å². The summed E-state index contributed by atoms with van der Waals surface area (Å²) in [4.78, 5) is 4.40. The molecule has 0 saturated heterocycles. The van der Waals surface area contributed by atoms with Crippen molar-refractivity contribution >= 4 is 11.3 Å². The quantitative estimate of drug-likeness (QED) is 0.783. The van der Waals surface area contributed by atoms with Crippen LogP contribution >= 0.6 is 11.3 Å². The summed E-state index contributed by atoms with van der Waals surface area (Å²) in [6, 6.07) is 10.1. The van der Waals surface area contributed by atoms with E-state index in [2.05, 4.69) is 15.2 Å². The van der Waals surface area contributed by atoms with Gasteiger partial charge in [0.05, 0.1) is 22.7 Å². The number of nitrogens with zero attached hydrogens (tertiary/aromatic N) is 3. The molecule has 0 aliphatic carbocycles. The van der Waals surface area contributed by atoms with Gasteiger partial charge in [-0.1, -0.05) is 30.3 Å². The molecule has 2 N–H and O–H groups in total. The molecule has 0 radical (unpaired) electrons. The Morgan fingerprint density at radius 1 is 1.23 bits per heavy atom. The predicted molar refractivity (Wildman–Crippen MR) is 85.6 cm³/mol. The molecule has 6 heteroatoms. The maximum atomic E-state index is 6.37. The van der Waals surface area contributed by atoms with E-state index in [-0.39, 0.29) is 0 Å². The largest absolute Gasteiger partial charge is 0.423 e. The van der Waals surface area contributed by atoms with E-state index in [1.165, 1.54) is 0 Å². The fourth-order valence-corrected chi connectivity index (χ4v) is 2.91. The first kappa shape index (κ1) is 14.9. The maximum Gasteiger partial charge on any atom is 0.236 e.